The maximum atomic E-state index is 13.2. The van der Waals surface area contributed by atoms with E-state index in [1.807, 2.05) is 4.91 Å². The number of carbonyl (C=O) groups excluding carboxylic acids is 1. The van der Waals surface area contributed by atoms with Gasteiger partial charge in [0.2, 0.25) is 0 Å². The first-order valence-corrected chi connectivity index (χ1v) is 3.95. The third-order valence-corrected chi connectivity index (χ3v) is 1.77. The highest BCUT2D eigenvalue weighted by atomic mass is 19.2. The molecule has 0 amide bonds. The average molecular weight is 249 g/mol. The Morgan fingerprint density at radius 1 is 1.18 bits per heavy atom. The predicted octanol–water partition coefficient (Wildman–Crippen LogP) is 2.97. The van der Waals surface area contributed by atoms with Gasteiger partial charge in [-0.1, -0.05) is 5.11 Å². The van der Waals surface area contributed by atoms with Gasteiger partial charge in [-0.15, -0.1) is 0 Å². The van der Waals surface area contributed by atoms with E-state index in [2.05, 4.69) is 9.85 Å². The van der Waals surface area contributed by atoms with Gasteiger partial charge < -0.3 is 4.74 Å². The minimum absolute atomic E-state index is 0.776. The van der Waals surface area contributed by atoms with Crippen molar-refractivity contribution >= 4 is 11.7 Å². The van der Waals surface area contributed by atoms with Gasteiger partial charge in [0.25, 0.3) is 0 Å². The number of azide groups is 1. The van der Waals surface area contributed by atoms with Gasteiger partial charge >= 0.3 is 5.97 Å². The molecule has 0 heterocycles. The Morgan fingerprint density at radius 2 is 1.65 bits per heavy atom. The van der Waals surface area contributed by atoms with Crippen LogP contribution in [0.2, 0.25) is 0 Å². The van der Waals surface area contributed by atoms with Crippen LogP contribution in [0, 0.1) is 23.3 Å². The smallest absolute Gasteiger partial charge is 0.344 e. The zero-order chi connectivity index (χ0) is 13.2. The van der Waals surface area contributed by atoms with Crippen LogP contribution in [0.5, 0.6) is 0 Å². The SMILES string of the molecule is COC(=O)c1c(F)c(F)c(N=[N+]=[N-])c(F)c1F. The molecule has 0 saturated carbocycles. The minimum atomic E-state index is -1.99. The van der Waals surface area contributed by atoms with Crippen LogP contribution < -0.4 is 0 Å². The second-order valence-corrected chi connectivity index (χ2v) is 2.66. The van der Waals surface area contributed by atoms with Crippen LogP contribution in [0.3, 0.4) is 0 Å². The fourth-order valence-corrected chi connectivity index (χ4v) is 1.03. The molecule has 0 N–H and O–H groups in total. The Balaban J connectivity index is 3.69. The number of benzene rings is 1. The fourth-order valence-electron chi connectivity index (χ4n) is 1.03. The van der Waals surface area contributed by atoms with Crippen LogP contribution in [-0.4, -0.2) is 13.1 Å². The molecule has 1 rings (SSSR count). The van der Waals surface area contributed by atoms with E-state index in [9.17, 15) is 22.4 Å². The van der Waals surface area contributed by atoms with Gasteiger partial charge in [-0.3, -0.25) is 0 Å². The Bertz CT molecular complexity index is 511. The van der Waals surface area contributed by atoms with Crippen LogP contribution in [0.4, 0.5) is 23.2 Å². The van der Waals surface area contributed by atoms with Crippen LogP contribution in [0.1, 0.15) is 10.4 Å². The molecule has 0 atom stereocenters. The van der Waals surface area contributed by atoms with Crippen LogP contribution in [0.25, 0.3) is 10.4 Å². The van der Waals surface area contributed by atoms with Gasteiger partial charge in [0, 0.05) is 4.91 Å². The Labute approximate surface area is 91.2 Å². The second-order valence-electron chi connectivity index (χ2n) is 2.66. The molecular formula is C8H3F4N3O2. The molecule has 0 aromatic heterocycles. The Hall–Kier alpha value is -2.28. The molecule has 0 aliphatic rings. The number of hydrogen-bond acceptors (Lipinski definition) is 3. The first-order chi connectivity index (χ1) is 7.95. The standard InChI is InChI=1S/C8H3F4N3O2/c1-17-8(16)2-3(9)5(11)7(14-15-13)6(12)4(2)10/h1H3. The van der Waals surface area contributed by atoms with Crippen molar-refractivity contribution in [3.63, 3.8) is 0 Å². The summed E-state index contributed by atoms with van der Waals surface area (Å²) in [5, 5.41) is 2.45. The van der Waals surface area contributed by atoms with E-state index in [-0.39, 0.29) is 0 Å². The van der Waals surface area contributed by atoms with E-state index in [0.29, 0.717) is 0 Å². The quantitative estimate of drug-likeness (QED) is 0.202. The van der Waals surface area contributed by atoms with Gasteiger partial charge in [0.05, 0.1) is 7.11 Å². The van der Waals surface area contributed by atoms with E-state index < -0.39 is 40.5 Å². The third-order valence-electron chi connectivity index (χ3n) is 1.77. The molecule has 0 radical (unpaired) electrons. The van der Waals surface area contributed by atoms with Crippen molar-refractivity contribution in [2.45, 2.75) is 0 Å². The number of ether oxygens (including phenoxy) is 1. The molecular weight excluding hydrogens is 246 g/mol. The molecule has 0 aliphatic heterocycles. The highest BCUT2D eigenvalue weighted by molar-refractivity contribution is 5.90. The maximum Gasteiger partial charge on any atom is 0.344 e. The zero-order valence-electron chi connectivity index (χ0n) is 8.17. The normalized spacial score (nSPS) is 9.71. The summed E-state index contributed by atoms with van der Waals surface area (Å²) in [4.78, 5) is 12.9. The van der Waals surface area contributed by atoms with Crippen molar-refractivity contribution in [2.24, 2.45) is 5.11 Å². The monoisotopic (exact) mass is 249 g/mol. The lowest BCUT2D eigenvalue weighted by Crippen LogP contribution is -2.11. The maximum absolute atomic E-state index is 13.2. The summed E-state index contributed by atoms with van der Waals surface area (Å²) >= 11 is 0. The highest BCUT2D eigenvalue weighted by Gasteiger charge is 2.29. The van der Waals surface area contributed by atoms with Crippen LogP contribution in [-0.2, 0) is 4.74 Å². The molecule has 17 heavy (non-hydrogen) atoms. The van der Waals surface area contributed by atoms with Gasteiger partial charge in [-0.2, -0.15) is 0 Å². The number of hydrogen-bond donors (Lipinski definition) is 0. The molecule has 5 nitrogen and oxygen atoms in total. The van der Waals surface area contributed by atoms with Crippen molar-refractivity contribution in [3.8, 4) is 0 Å². The van der Waals surface area contributed by atoms with Crippen LogP contribution >= 0.6 is 0 Å². The second kappa shape index (κ2) is 4.71. The van der Waals surface area contributed by atoms with Crippen molar-refractivity contribution in [1.29, 1.82) is 0 Å². The summed E-state index contributed by atoms with van der Waals surface area (Å²) in [5.74, 6) is -9.51. The number of esters is 1. The van der Waals surface area contributed by atoms with E-state index in [1.54, 1.807) is 0 Å². The van der Waals surface area contributed by atoms with E-state index in [4.69, 9.17) is 5.53 Å². The van der Waals surface area contributed by atoms with Crippen molar-refractivity contribution in [3.05, 3.63) is 39.3 Å². The molecule has 9 heteroatoms. The summed E-state index contributed by atoms with van der Waals surface area (Å²) in [6, 6.07) is 0. The van der Waals surface area contributed by atoms with Gasteiger partial charge in [-0.05, 0) is 5.53 Å². The summed E-state index contributed by atoms with van der Waals surface area (Å²) < 4.78 is 56.6. The predicted molar refractivity (Wildman–Crippen MR) is 46.4 cm³/mol. The van der Waals surface area contributed by atoms with Crippen molar-refractivity contribution < 1.29 is 27.1 Å². The average Bonchev–Trinajstić information content (AvgIpc) is 2.32. The molecule has 0 spiro atoms. The summed E-state index contributed by atoms with van der Waals surface area (Å²) in [7, 11) is 0.776. The molecule has 1 aromatic carbocycles. The highest BCUT2D eigenvalue weighted by Crippen LogP contribution is 2.30. The molecule has 0 fully saturated rings. The first kappa shape index (κ1) is 12.8. The van der Waals surface area contributed by atoms with Gasteiger partial charge in [0.15, 0.2) is 23.3 Å². The van der Waals surface area contributed by atoms with Crippen LogP contribution in [0.15, 0.2) is 5.11 Å². The molecule has 0 unspecified atom stereocenters. The Kier molecular flexibility index (Phi) is 3.54. The first-order valence-electron chi connectivity index (χ1n) is 3.95. The lowest BCUT2D eigenvalue weighted by atomic mass is 10.1. The number of nitrogens with zero attached hydrogens (tertiary/aromatic N) is 3. The lowest BCUT2D eigenvalue weighted by Gasteiger charge is -2.07. The molecule has 0 aliphatic carbocycles. The van der Waals surface area contributed by atoms with E-state index >= 15 is 0 Å². The molecule has 0 bridgehead atoms. The topological polar surface area (TPSA) is 75.1 Å². The lowest BCUT2D eigenvalue weighted by molar-refractivity contribution is 0.0587. The molecule has 1 aromatic rings. The molecule has 0 saturated heterocycles. The number of methoxy groups -OCH3 is 1. The van der Waals surface area contributed by atoms with E-state index in [1.165, 1.54) is 0 Å². The molecule has 90 valence electrons. The number of halogens is 4. The minimum Gasteiger partial charge on any atom is -0.465 e. The summed E-state index contributed by atoms with van der Waals surface area (Å²) in [5.41, 5.74) is 4.94. The van der Waals surface area contributed by atoms with Crippen molar-refractivity contribution in [2.75, 3.05) is 7.11 Å². The largest absolute Gasteiger partial charge is 0.465 e. The Morgan fingerprint density at radius 3 is 2.00 bits per heavy atom. The van der Waals surface area contributed by atoms with E-state index in [0.717, 1.165) is 7.11 Å². The van der Waals surface area contributed by atoms with Gasteiger partial charge in [0.1, 0.15) is 11.3 Å². The zero-order valence-corrected chi connectivity index (χ0v) is 8.17. The third kappa shape index (κ3) is 2.00. The number of rotatable bonds is 2. The van der Waals surface area contributed by atoms with Crippen molar-refractivity contribution in [1.82, 2.24) is 0 Å². The summed E-state index contributed by atoms with van der Waals surface area (Å²) in [6.45, 7) is 0. The number of carbonyl (C=O) groups is 1. The summed E-state index contributed by atoms with van der Waals surface area (Å²) in [6.07, 6.45) is 0. The van der Waals surface area contributed by atoms with Gasteiger partial charge in [-0.25, -0.2) is 22.4 Å². The fraction of sp³-hybridized carbons (Fsp3) is 0.125.